The molecule has 0 atom stereocenters. The quantitative estimate of drug-likeness (QED) is 0.507. The van der Waals surface area contributed by atoms with Gasteiger partial charge in [-0.05, 0) is 22.8 Å². The zero-order valence-electron chi connectivity index (χ0n) is 4.32. The number of hydrogen-bond donors (Lipinski definition) is 0. The summed E-state index contributed by atoms with van der Waals surface area (Å²) in [6.45, 7) is 0. The fourth-order valence-electron chi connectivity index (χ4n) is 0.932. The van der Waals surface area contributed by atoms with Crippen molar-refractivity contribution in [2.75, 3.05) is 0 Å². The van der Waals surface area contributed by atoms with E-state index in [0.29, 0.717) is 0 Å². The molecule has 0 unspecified atom stereocenters. The molecule has 8 heavy (non-hydrogen) atoms. The summed E-state index contributed by atoms with van der Waals surface area (Å²) in [6.07, 6.45) is 0. The Kier molecular flexibility index (Phi) is 0.879. The van der Waals surface area contributed by atoms with E-state index in [4.69, 9.17) is 0 Å². The summed E-state index contributed by atoms with van der Waals surface area (Å²) < 4.78 is 1.16. The molecule has 0 radical (unpaired) electrons. The van der Waals surface area contributed by atoms with Gasteiger partial charge in [0.05, 0.1) is 0 Å². The first-order chi connectivity index (χ1) is 3.92. The van der Waals surface area contributed by atoms with Gasteiger partial charge in [-0.1, -0.05) is 34.7 Å². The molecule has 0 N–H and O–H groups in total. The van der Waals surface area contributed by atoms with Gasteiger partial charge in [0, 0.05) is 4.43 Å². The maximum atomic E-state index is 2.39. The zero-order valence-corrected chi connectivity index (χ0v) is 6.47. The number of hydrogen-bond acceptors (Lipinski definition) is 0. The van der Waals surface area contributed by atoms with Gasteiger partial charge in [0.25, 0.3) is 0 Å². The van der Waals surface area contributed by atoms with E-state index in [1.54, 1.807) is 0 Å². The van der Waals surface area contributed by atoms with Crippen LogP contribution in [-0.2, 0) is 4.43 Å². The summed E-state index contributed by atoms with van der Waals surface area (Å²) in [6, 6.07) is 6.62. The van der Waals surface area contributed by atoms with E-state index in [9.17, 15) is 0 Å². The second-order valence-corrected chi connectivity index (χ2v) is 2.77. The summed E-state index contributed by atoms with van der Waals surface area (Å²) >= 11 is 2.39. The van der Waals surface area contributed by atoms with Gasteiger partial charge in [-0.3, -0.25) is 0 Å². The topological polar surface area (TPSA) is 0 Å². The molecule has 0 aromatic rings. The van der Waals surface area contributed by atoms with Gasteiger partial charge in [-0.2, -0.15) is 0 Å². The molecular weight excluding hydrogens is 211 g/mol. The van der Waals surface area contributed by atoms with Crippen molar-refractivity contribution in [3.63, 3.8) is 0 Å². The lowest BCUT2D eigenvalue weighted by molar-refractivity contribution is 1.55. The number of rotatable bonds is 1. The van der Waals surface area contributed by atoms with Crippen LogP contribution >= 0.6 is 22.6 Å². The third-order valence-electron chi connectivity index (χ3n) is 1.48. The van der Waals surface area contributed by atoms with Gasteiger partial charge in [-0.15, -0.1) is 0 Å². The average molecular weight is 216 g/mol. The highest BCUT2D eigenvalue weighted by molar-refractivity contribution is 14.1. The second kappa shape index (κ2) is 1.47. The van der Waals surface area contributed by atoms with Crippen molar-refractivity contribution in [3.05, 3.63) is 23.8 Å². The predicted molar refractivity (Wildman–Crippen MR) is 43.2 cm³/mol. The minimum absolute atomic E-state index is 1.16. The minimum atomic E-state index is 1.16. The number of fused-ring (bicyclic) bond motifs is 1. The molecule has 0 heterocycles. The van der Waals surface area contributed by atoms with E-state index in [1.807, 2.05) is 0 Å². The van der Waals surface area contributed by atoms with E-state index in [-0.39, 0.29) is 0 Å². The molecule has 0 fully saturated rings. The SMILES string of the molecule is ICc1ccc2cc1-2. The van der Waals surface area contributed by atoms with Gasteiger partial charge in [-0.25, -0.2) is 0 Å². The van der Waals surface area contributed by atoms with Crippen molar-refractivity contribution in [2.24, 2.45) is 0 Å². The molecule has 2 aliphatic rings. The fourth-order valence-corrected chi connectivity index (χ4v) is 1.60. The molecule has 0 aromatic heterocycles. The third kappa shape index (κ3) is 0.507. The summed E-state index contributed by atoms with van der Waals surface area (Å²) in [7, 11) is 0. The Morgan fingerprint density at radius 3 is 2.50 bits per heavy atom. The summed E-state index contributed by atoms with van der Waals surface area (Å²) in [5.74, 6) is 0. The van der Waals surface area contributed by atoms with Crippen LogP contribution in [0.15, 0.2) is 18.2 Å². The summed E-state index contributed by atoms with van der Waals surface area (Å²) in [5, 5.41) is 0. The highest BCUT2D eigenvalue weighted by Gasteiger charge is 2.14. The van der Waals surface area contributed by atoms with E-state index >= 15 is 0 Å². The Labute approximate surface area is 62.1 Å². The van der Waals surface area contributed by atoms with Crippen LogP contribution in [0.3, 0.4) is 0 Å². The van der Waals surface area contributed by atoms with Crippen molar-refractivity contribution in [2.45, 2.75) is 4.43 Å². The van der Waals surface area contributed by atoms with Crippen molar-refractivity contribution in [1.82, 2.24) is 0 Å². The van der Waals surface area contributed by atoms with Gasteiger partial charge in [0.15, 0.2) is 0 Å². The molecule has 0 aromatic carbocycles. The molecule has 0 saturated heterocycles. The van der Waals surface area contributed by atoms with Gasteiger partial charge in [0.1, 0.15) is 0 Å². The maximum Gasteiger partial charge on any atom is 0.0253 e. The lowest BCUT2D eigenvalue weighted by Gasteiger charge is -1.81. The van der Waals surface area contributed by atoms with Crippen molar-refractivity contribution in [3.8, 4) is 11.1 Å². The maximum absolute atomic E-state index is 2.39. The molecule has 0 amide bonds. The van der Waals surface area contributed by atoms with Crippen molar-refractivity contribution < 1.29 is 0 Å². The van der Waals surface area contributed by atoms with Crippen LogP contribution in [0.5, 0.6) is 0 Å². The highest BCUT2D eigenvalue weighted by atomic mass is 127. The smallest absolute Gasteiger partial charge is 0.0253 e. The monoisotopic (exact) mass is 216 g/mol. The Morgan fingerprint density at radius 1 is 1.38 bits per heavy atom. The van der Waals surface area contributed by atoms with Crippen LogP contribution in [0.4, 0.5) is 0 Å². The molecule has 1 heteroatoms. The minimum Gasteiger partial charge on any atom is -0.0812 e. The van der Waals surface area contributed by atoms with E-state index in [1.165, 1.54) is 16.7 Å². The molecule has 0 nitrogen and oxygen atoms in total. The van der Waals surface area contributed by atoms with Crippen LogP contribution in [-0.4, -0.2) is 0 Å². The number of alkyl halides is 1. The first kappa shape index (κ1) is 4.79. The summed E-state index contributed by atoms with van der Waals surface area (Å²) in [4.78, 5) is 0. The van der Waals surface area contributed by atoms with Gasteiger partial charge < -0.3 is 0 Å². The fraction of sp³-hybridized carbons (Fsp3) is 0.143. The Bertz CT molecular complexity index is 228. The van der Waals surface area contributed by atoms with E-state index < -0.39 is 0 Å². The van der Waals surface area contributed by atoms with Crippen LogP contribution in [0.2, 0.25) is 0 Å². The Hall–Kier alpha value is -0.0500. The molecular formula is C7H5I. The lowest BCUT2D eigenvalue weighted by atomic mass is 10.3. The first-order valence-corrected chi connectivity index (χ1v) is 4.13. The number of halogens is 1. The molecule has 2 rings (SSSR count). The van der Waals surface area contributed by atoms with Gasteiger partial charge in [0.2, 0.25) is 0 Å². The molecule has 2 aliphatic carbocycles. The molecule has 0 spiro atoms. The van der Waals surface area contributed by atoms with Crippen LogP contribution in [0, 0.1) is 0 Å². The predicted octanol–water partition coefficient (Wildman–Crippen LogP) is 2.60. The van der Waals surface area contributed by atoms with Crippen LogP contribution in [0.1, 0.15) is 5.56 Å². The third-order valence-corrected chi connectivity index (χ3v) is 2.30. The summed E-state index contributed by atoms with van der Waals surface area (Å²) in [5.41, 5.74) is 4.46. The molecule has 0 bridgehead atoms. The largest absolute Gasteiger partial charge is 0.0812 e. The zero-order chi connectivity index (χ0) is 5.56. The Balaban J connectivity index is 2.49. The van der Waals surface area contributed by atoms with Crippen LogP contribution < -0.4 is 0 Å². The van der Waals surface area contributed by atoms with Gasteiger partial charge >= 0.3 is 0 Å². The molecule has 0 saturated carbocycles. The number of benzene rings is 1. The van der Waals surface area contributed by atoms with E-state index in [0.717, 1.165) is 4.43 Å². The average Bonchev–Trinajstić information content (AvgIpc) is 2.46. The molecule has 40 valence electrons. The second-order valence-electron chi connectivity index (χ2n) is 2.01. The lowest BCUT2D eigenvalue weighted by Crippen LogP contribution is -1.63. The highest BCUT2D eigenvalue weighted by Crippen LogP contribution is 2.38. The molecule has 0 aliphatic heterocycles. The van der Waals surface area contributed by atoms with E-state index in [2.05, 4.69) is 40.8 Å². The standard InChI is InChI=1S/C7H5I/c8-4-6-2-1-5-3-7(5)6/h1-3H,4H2. The van der Waals surface area contributed by atoms with Crippen molar-refractivity contribution in [1.29, 1.82) is 0 Å². The normalized spacial score (nSPS) is 11.6. The first-order valence-electron chi connectivity index (χ1n) is 2.61. The van der Waals surface area contributed by atoms with Crippen molar-refractivity contribution >= 4 is 22.6 Å². The Morgan fingerprint density at radius 2 is 2.25 bits per heavy atom. The van der Waals surface area contributed by atoms with Crippen LogP contribution in [0.25, 0.3) is 11.1 Å².